The Morgan fingerprint density at radius 2 is 0.541 bits per heavy atom. The second-order valence-corrected chi connectivity index (χ2v) is 19.8. The van der Waals surface area contributed by atoms with Crippen molar-refractivity contribution in [2.24, 2.45) is 11.8 Å². The summed E-state index contributed by atoms with van der Waals surface area (Å²) < 4.78 is 16.8. The predicted octanol–water partition coefficient (Wildman–Crippen LogP) is 17.7. The van der Waals surface area contributed by atoms with E-state index in [1.807, 2.05) is 0 Å². The first-order valence-electron chi connectivity index (χ1n) is 27.2. The molecule has 0 fully saturated rings. The standard InChI is InChI=1S/C55H106O6/c1-6-7-8-9-10-11-18-27-32-37-42-47-55(58)61-52(49-60-54(57)46-41-36-31-26-22-17-16-20-24-29-34-39-44-51(4)5)48-59-53(56)45-40-35-30-25-21-15-13-12-14-19-23-28-33-38-43-50(2)3/h50-52H,6-49H2,1-5H3/t52-/m1/s1. The van der Waals surface area contributed by atoms with Gasteiger partial charge >= 0.3 is 17.9 Å². The zero-order valence-corrected chi connectivity index (χ0v) is 41.8. The van der Waals surface area contributed by atoms with Crippen molar-refractivity contribution in [2.75, 3.05) is 13.2 Å². The average Bonchev–Trinajstić information content (AvgIpc) is 3.23. The summed E-state index contributed by atoms with van der Waals surface area (Å²) in [6.45, 7) is 11.4. The van der Waals surface area contributed by atoms with E-state index in [9.17, 15) is 14.4 Å². The van der Waals surface area contributed by atoms with Crippen molar-refractivity contribution in [2.45, 2.75) is 310 Å². The fourth-order valence-electron chi connectivity index (χ4n) is 8.34. The van der Waals surface area contributed by atoms with Crippen LogP contribution in [-0.2, 0) is 28.6 Å². The maximum Gasteiger partial charge on any atom is 0.306 e. The summed E-state index contributed by atoms with van der Waals surface area (Å²) in [5, 5.41) is 0. The Hall–Kier alpha value is -1.59. The van der Waals surface area contributed by atoms with Gasteiger partial charge in [-0.3, -0.25) is 14.4 Å². The van der Waals surface area contributed by atoms with Crippen LogP contribution in [0.25, 0.3) is 0 Å². The Kier molecular flexibility index (Phi) is 46.6. The molecule has 0 saturated heterocycles. The minimum Gasteiger partial charge on any atom is -0.462 e. The van der Waals surface area contributed by atoms with Gasteiger partial charge in [-0.05, 0) is 31.1 Å². The third-order valence-electron chi connectivity index (χ3n) is 12.5. The molecule has 1 atom stereocenters. The van der Waals surface area contributed by atoms with Crippen molar-refractivity contribution < 1.29 is 28.6 Å². The molecule has 6 heteroatoms. The molecule has 0 radical (unpaired) electrons. The minimum atomic E-state index is -0.761. The number of hydrogen-bond donors (Lipinski definition) is 0. The molecular weight excluding hydrogens is 757 g/mol. The van der Waals surface area contributed by atoms with Gasteiger partial charge in [-0.1, -0.05) is 266 Å². The highest BCUT2D eigenvalue weighted by molar-refractivity contribution is 5.71. The average molecular weight is 863 g/mol. The molecule has 0 bridgehead atoms. The van der Waals surface area contributed by atoms with Gasteiger partial charge in [-0.25, -0.2) is 0 Å². The normalized spacial score (nSPS) is 12.0. The lowest BCUT2D eigenvalue weighted by molar-refractivity contribution is -0.167. The topological polar surface area (TPSA) is 78.9 Å². The van der Waals surface area contributed by atoms with Crippen LogP contribution in [0.2, 0.25) is 0 Å². The molecule has 0 aliphatic rings. The molecule has 0 aliphatic heterocycles. The number of hydrogen-bond acceptors (Lipinski definition) is 6. The maximum absolute atomic E-state index is 12.8. The van der Waals surface area contributed by atoms with Gasteiger partial charge < -0.3 is 14.2 Å². The third-order valence-corrected chi connectivity index (χ3v) is 12.5. The highest BCUT2D eigenvalue weighted by Crippen LogP contribution is 2.18. The molecule has 0 amide bonds. The summed E-state index contributed by atoms with van der Waals surface area (Å²) >= 11 is 0. The Balaban J connectivity index is 4.27. The van der Waals surface area contributed by atoms with Gasteiger partial charge in [0, 0.05) is 19.3 Å². The van der Waals surface area contributed by atoms with E-state index in [0.717, 1.165) is 69.6 Å². The highest BCUT2D eigenvalue weighted by Gasteiger charge is 2.19. The molecule has 0 aliphatic carbocycles. The molecule has 0 saturated carbocycles. The quantitative estimate of drug-likeness (QED) is 0.0344. The van der Waals surface area contributed by atoms with E-state index in [2.05, 4.69) is 34.6 Å². The lowest BCUT2D eigenvalue weighted by atomic mass is 10.0. The van der Waals surface area contributed by atoms with Gasteiger partial charge in [0.25, 0.3) is 0 Å². The van der Waals surface area contributed by atoms with Crippen molar-refractivity contribution in [1.82, 2.24) is 0 Å². The van der Waals surface area contributed by atoms with Crippen LogP contribution < -0.4 is 0 Å². The summed E-state index contributed by atoms with van der Waals surface area (Å²) in [4.78, 5) is 38.0. The fourth-order valence-corrected chi connectivity index (χ4v) is 8.34. The summed E-state index contributed by atoms with van der Waals surface area (Å²) in [5.74, 6) is 0.834. The Bertz CT molecular complexity index is 931. The van der Waals surface area contributed by atoms with Crippen LogP contribution in [0, 0.1) is 11.8 Å². The fraction of sp³-hybridized carbons (Fsp3) is 0.945. The zero-order valence-electron chi connectivity index (χ0n) is 41.8. The first-order valence-corrected chi connectivity index (χ1v) is 27.2. The summed E-state index contributed by atoms with van der Waals surface area (Å²) in [7, 11) is 0. The Morgan fingerprint density at radius 1 is 0.311 bits per heavy atom. The molecule has 6 nitrogen and oxygen atoms in total. The second-order valence-electron chi connectivity index (χ2n) is 19.8. The first kappa shape index (κ1) is 59.4. The van der Waals surface area contributed by atoms with Crippen molar-refractivity contribution in [3.8, 4) is 0 Å². The molecule has 0 heterocycles. The van der Waals surface area contributed by atoms with E-state index in [4.69, 9.17) is 14.2 Å². The lowest BCUT2D eigenvalue weighted by Gasteiger charge is -2.18. The SMILES string of the molecule is CCCCCCCCCCCCCC(=O)O[C@H](COC(=O)CCCCCCCCCCCCCCCCC(C)C)COC(=O)CCCCCCCCCCCCCCC(C)C. The molecule has 0 unspecified atom stereocenters. The Morgan fingerprint density at radius 3 is 0.803 bits per heavy atom. The van der Waals surface area contributed by atoms with E-state index < -0.39 is 6.10 Å². The van der Waals surface area contributed by atoms with Gasteiger partial charge in [0.2, 0.25) is 0 Å². The summed E-state index contributed by atoms with van der Waals surface area (Å²) in [5.41, 5.74) is 0. The lowest BCUT2D eigenvalue weighted by Crippen LogP contribution is -2.30. The molecule has 61 heavy (non-hydrogen) atoms. The third kappa shape index (κ3) is 49.3. The molecule has 362 valence electrons. The van der Waals surface area contributed by atoms with Crippen molar-refractivity contribution in [3.63, 3.8) is 0 Å². The predicted molar refractivity (Wildman–Crippen MR) is 261 cm³/mol. The van der Waals surface area contributed by atoms with Gasteiger partial charge in [0.05, 0.1) is 0 Å². The molecule has 0 aromatic heterocycles. The van der Waals surface area contributed by atoms with E-state index in [1.165, 1.54) is 193 Å². The number of carbonyl (C=O) groups is 3. The van der Waals surface area contributed by atoms with E-state index >= 15 is 0 Å². The monoisotopic (exact) mass is 863 g/mol. The van der Waals surface area contributed by atoms with Crippen molar-refractivity contribution in [1.29, 1.82) is 0 Å². The van der Waals surface area contributed by atoms with Crippen molar-refractivity contribution in [3.05, 3.63) is 0 Å². The van der Waals surface area contributed by atoms with Gasteiger partial charge in [0.1, 0.15) is 13.2 Å². The van der Waals surface area contributed by atoms with Crippen LogP contribution in [0.4, 0.5) is 0 Å². The van der Waals surface area contributed by atoms with E-state index in [0.29, 0.717) is 19.3 Å². The summed E-state index contributed by atoms with van der Waals surface area (Å²) in [6.07, 6.45) is 49.4. The van der Waals surface area contributed by atoms with Gasteiger partial charge in [0.15, 0.2) is 6.10 Å². The molecule has 0 N–H and O–H groups in total. The van der Waals surface area contributed by atoms with Crippen LogP contribution >= 0.6 is 0 Å². The molecule has 0 aromatic rings. The van der Waals surface area contributed by atoms with Gasteiger partial charge in [-0.15, -0.1) is 0 Å². The van der Waals surface area contributed by atoms with Crippen LogP contribution in [0.1, 0.15) is 304 Å². The number of unbranched alkanes of at least 4 members (excludes halogenated alkanes) is 34. The minimum absolute atomic E-state index is 0.0631. The highest BCUT2D eigenvalue weighted by atomic mass is 16.6. The van der Waals surface area contributed by atoms with Crippen LogP contribution in [-0.4, -0.2) is 37.2 Å². The number of rotatable bonds is 49. The number of ether oxygens (including phenoxy) is 3. The van der Waals surface area contributed by atoms with Crippen LogP contribution in [0.3, 0.4) is 0 Å². The smallest absolute Gasteiger partial charge is 0.306 e. The van der Waals surface area contributed by atoms with E-state index in [-0.39, 0.29) is 31.1 Å². The van der Waals surface area contributed by atoms with Crippen LogP contribution in [0.5, 0.6) is 0 Å². The zero-order chi connectivity index (χ0) is 44.7. The Labute approximate surface area is 380 Å². The summed E-state index contributed by atoms with van der Waals surface area (Å²) in [6, 6.07) is 0. The molecular formula is C55H106O6. The number of carbonyl (C=O) groups excluding carboxylic acids is 3. The van der Waals surface area contributed by atoms with Crippen molar-refractivity contribution >= 4 is 17.9 Å². The molecule has 0 spiro atoms. The molecule has 0 rings (SSSR count). The molecule has 0 aromatic carbocycles. The number of esters is 3. The maximum atomic E-state index is 12.8. The first-order chi connectivity index (χ1) is 29.7. The van der Waals surface area contributed by atoms with Crippen LogP contribution in [0.15, 0.2) is 0 Å². The second kappa shape index (κ2) is 47.9. The largest absolute Gasteiger partial charge is 0.462 e. The van der Waals surface area contributed by atoms with Gasteiger partial charge in [-0.2, -0.15) is 0 Å². The van der Waals surface area contributed by atoms with E-state index in [1.54, 1.807) is 0 Å².